The summed E-state index contributed by atoms with van der Waals surface area (Å²) in [5, 5.41) is 9.90. The van der Waals surface area contributed by atoms with E-state index in [1.54, 1.807) is 19.4 Å². The molecule has 0 aliphatic rings. The van der Waals surface area contributed by atoms with E-state index < -0.39 is 5.97 Å². The zero-order chi connectivity index (χ0) is 14.1. The van der Waals surface area contributed by atoms with Crippen LogP contribution in [0.15, 0.2) is 53.1 Å². The van der Waals surface area contributed by atoms with Gasteiger partial charge in [0.1, 0.15) is 11.3 Å². The average Bonchev–Trinajstić information content (AvgIpc) is 2.91. The molecule has 0 atom stereocenters. The highest BCUT2D eigenvalue weighted by atomic mass is 16.5. The van der Waals surface area contributed by atoms with Gasteiger partial charge in [0, 0.05) is 5.56 Å². The average molecular weight is 268 g/mol. The molecule has 0 fully saturated rings. The molecule has 100 valence electrons. The van der Waals surface area contributed by atoms with Crippen molar-refractivity contribution in [1.29, 1.82) is 0 Å². The van der Waals surface area contributed by atoms with Crippen LogP contribution in [0.3, 0.4) is 0 Å². The van der Waals surface area contributed by atoms with Crippen molar-refractivity contribution in [2.24, 2.45) is 0 Å². The van der Waals surface area contributed by atoms with Crippen molar-refractivity contribution < 1.29 is 19.1 Å². The molecule has 0 unspecified atom stereocenters. The maximum Gasteiger partial charge on any atom is 0.339 e. The molecule has 1 heterocycles. The number of hydrogen-bond acceptors (Lipinski definition) is 3. The third kappa shape index (κ3) is 1.82. The number of benzene rings is 2. The van der Waals surface area contributed by atoms with Crippen LogP contribution in [0.4, 0.5) is 0 Å². The van der Waals surface area contributed by atoms with E-state index in [9.17, 15) is 9.90 Å². The molecule has 0 saturated heterocycles. The van der Waals surface area contributed by atoms with Gasteiger partial charge in [-0.1, -0.05) is 30.3 Å². The summed E-state index contributed by atoms with van der Waals surface area (Å²) >= 11 is 0. The van der Waals surface area contributed by atoms with Gasteiger partial charge in [0.15, 0.2) is 5.58 Å². The van der Waals surface area contributed by atoms with E-state index in [0.29, 0.717) is 16.7 Å². The molecule has 2 aromatic carbocycles. The zero-order valence-electron chi connectivity index (χ0n) is 10.8. The summed E-state index contributed by atoms with van der Waals surface area (Å²) < 4.78 is 10.8. The molecule has 3 aromatic rings. The number of rotatable bonds is 3. The van der Waals surface area contributed by atoms with Crippen LogP contribution in [-0.4, -0.2) is 18.2 Å². The molecule has 0 aliphatic carbocycles. The minimum Gasteiger partial charge on any atom is -0.496 e. The Balaban J connectivity index is 2.35. The first-order valence-corrected chi connectivity index (χ1v) is 6.09. The van der Waals surface area contributed by atoms with E-state index in [1.165, 1.54) is 6.07 Å². The first-order chi connectivity index (χ1) is 9.72. The van der Waals surface area contributed by atoms with E-state index in [0.717, 1.165) is 11.1 Å². The smallest absolute Gasteiger partial charge is 0.339 e. The summed E-state index contributed by atoms with van der Waals surface area (Å²) in [6.07, 6.45) is 1.56. The summed E-state index contributed by atoms with van der Waals surface area (Å²) in [6, 6.07) is 12.8. The van der Waals surface area contributed by atoms with Crippen LogP contribution in [0.1, 0.15) is 10.4 Å². The van der Waals surface area contributed by atoms with Gasteiger partial charge in [-0.3, -0.25) is 0 Å². The van der Waals surface area contributed by atoms with Crippen molar-refractivity contribution in [3.8, 4) is 16.9 Å². The van der Waals surface area contributed by atoms with Gasteiger partial charge in [0.05, 0.1) is 18.8 Å². The molecule has 0 aliphatic heterocycles. The predicted molar refractivity (Wildman–Crippen MR) is 75.2 cm³/mol. The maximum atomic E-state index is 11.3. The molecule has 0 radical (unpaired) electrons. The van der Waals surface area contributed by atoms with Crippen LogP contribution in [0.2, 0.25) is 0 Å². The lowest BCUT2D eigenvalue weighted by atomic mass is 10.0. The van der Waals surface area contributed by atoms with Crippen molar-refractivity contribution >= 4 is 16.9 Å². The van der Waals surface area contributed by atoms with Crippen LogP contribution >= 0.6 is 0 Å². The van der Waals surface area contributed by atoms with Crippen molar-refractivity contribution in [2.75, 3.05) is 7.11 Å². The number of ether oxygens (including phenoxy) is 1. The van der Waals surface area contributed by atoms with Gasteiger partial charge in [-0.05, 0) is 17.7 Å². The van der Waals surface area contributed by atoms with Crippen molar-refractivity contribution in [2.45, 2.75) is 0 Å². The fourth-order valence-electron chi connectivity index (χ4n) is 2.29. The van der Waals surface area contributed by atoms with Crippen LogP contribution in [-0.2, 0) is 0 Å². The lowest BCUT2D eigenvalue weighted by molar-refractivity contribution is 0.0698. The number of methoxy groups -OCH3 is 1. The molecule has 1 N–H and O–H groups in total. The predicted octanol–water partition coefficient (Wildman–Crippen LogP) is 3.81. The largest absolute Gasteiger partial charge is 0.496 e. The molecule has 1 aromatic heterocycles. The Morgan fingerprint density at radius 2 is 1.90 bits per heavy atom. The molecule has 0 amide bonds. The number of furan rings is 1. The summed E-state index contributed by atoms with van der Waals surface area (Å²) in [5.74, 6) is -0.427. The standard InChI is InChI=1S/C16H12O4/c1-19-13-8-7-11(16(17)18)15-14(13)12(9-20-15)10-5-3-2-4-6-10/h2-9H,1H3,(H,17,18). The third-order valence-electron chi connectivity index (χ3n) is 3.22. The topological polar surface area (TPSA) is 59.7 Å². The van der Waals surface area contributed by atoms with Gasteiger partial charge >= 0.3 is 5.97 Å². The van der Waals surface area contributed by atoms with Crippen molar-refractivity contribution in [3.05, 3.63) is 54.3 Å². The van der Waals surface area contributed by atoms with E-state index in [1.807, 2.05) is 30.3 Å². The molecule has 0 bridgehead atoms. The van der Waals surface area contributed by atoms with Crippen LogP contribution in [0.25, 0.3) is 22.1 Å². The Hall–Kier alpha value is -2.75. The molecule has 4 heteroatoms. The van der Waals surface area contributed by atoms with Gasteiger partial charge in [-0.15, -0.1) is 0 Å². The number of carbonyl (C=O) groups is 1. The van der Waals surface area contributed by atoms with Crippen LogP contribution in [0.5, 0.6) is 5.75 Å². The number of carboxylic acid groups (broad SMARTS) is 1. The third-order valence-corrected chi connectivity index (χ3v) is 3.22. The molecule has 0 spiro atoms. The maximum absolute atomic E-state index is 11.3. The molecule has 4 nitrogen and oxygen atoms in total. The lowest BCUT2D eigenvalue weighted by Gasteiger charge is -2.05. The zero-order valence-corrected chi connectivity index (χ0v) is 10.8. The highest BCUT2D eigenvalue weighted by molar-refractivity contribution is 6.08. The highest BCUT2D eigenvalue weighted by Gasteiger charge is 2.19. The first kappa shape index (κ1) is 12.3. The van der Waals surface area contributed by atoms with E-state index >= 15 is 0 Å². The van der Waals surface area contributed by atoms with Gasteiger partial charge < -0.3 is 14.3 Å². The minimum atomic E-state index is -1.02. The molecule has 0 saturated carbocycles. The first-order valence-electron chi connectivity index (χ1n) is 6.09. The monoisotopic (exact) mass is 268 g/mol. The second-order valence-electron chi connectivity index (χ2n) is 4.34. The molecular weight excluding hydrogens is 256 g/mol. The van der Waals surface area contributed by atoms with E-state index in [2.05, 4.69) is 0 Å². The van der Waals surface area contributed by atoms with Crippen molar-refractivity contribution in [3.63, 3.8) is 0 Å². The second kappa shape index (κ2) is 4.74. The van der Waals surface area contributed by atoms with E-state index in [-0.39, 0.29) is 5.56 Å². The Kier molecular flexibility index (Phi) is 2.91. The Labute approximate surface area is 115 Å². The number of aromatic carboxylic acids is 1. The quantitative estimate of drug-likeness (QED) is 0.784. The van der Waals surface area contributed by atoms with Gasteiger partial charge in [0.25, 0.3) is 0 Å². The van der Waals surface area contributed by atoms with Crippen molar-refractivity contribution in [1.82, 2.24) is 0 Å². The molecular formula is C16H12O4. The molecule has 3 rings (SSSR count). The molecule has 20 heavy (non-hydrogen) atoms. The summed E-state index contributed by atoms with van der Waals surface area (Å²) in [6.45, 7) is 0. The van der Waals surface area contributed by atoms with Gasteiger partial charge in [0.2, 0.25) is 0 Å². The Bertz CT molecular complexity index is 772. The van der Waals surface area contributed by atoms with Crippen LogP contribution in [0, 0.1) is 0 Å². The number of fused-ring (bicyclic) bond motifs is 1. The summed E-state index contributed by atoms with van der Waals surface area (Å²) in [5.41, 5.74) is 2.23. The number of hydrogen-bond donors (Lipinski definition) is 1. The van der Waals surface area contributed by atoms with E-state index in [4.69, 9.17) is 9.15 Å². The minimum absolute atomic E-state index is 0.128. The van der Waals surface area contributed by atoms with Crippen LogP contribution < -0.4 is 4.74 Å². The second-order valence-corrected chi connectivity index (χ2v) is 4.34. The number of carboxylic acids is 1. The Morgan fingerprint density at radius 3 is 2.55 bits per heavy atom. The summed E-state index contributed by atoms with van der Waals surface area (Å²) in [7, 11) is 1.55. The van der Waals surface area contributed by atoms with Gasteiger partial charge in [-0.2, -0.15) is 0 Å². The summed E-state index contributed by atoms with van der Waals surface area (Å²) in [4.78, 5) is 11.3. The SMILES string of the molecule is COc1ccc(C(=O)O)c2occ(-c3ccccc3)c12. The normalized spacial score (nSPS) is 10.7. The lowest BCUT2D eigenvalue weighted by Crippen LogP contribution is -1.97. The fraction of sp³-hybridized carbons (Fsp3) is 0.0625. The van der Waals surface area contributed by atoms with Gasteiger partial charge in [-0.25, -0.2) is 4.79 Å². The highest BCUT2D eigenvalue weighted by Crippen LogP contribution is 2.38. The fourth-order valence-corrected chi connectivity index (χ4v) is 2.29. The Morgan fingerprint density at radius 1 is 1.15 bits per heavy atom.